The molecule has 0 unspecified atom stereocenters. The van der Waals surface area contributed by atoms with Gasteiger partial charge in [0.15, 0.2) is 0 Å². The lowest BCUT2D eigenvalue weighted by Crippen LogP contribution is -2.39. The molecule has 0 spiro atoms. The van der Waals surface area contributed by atoms with Crippen LogP contribution < -0.4 is 10.6 Å². The second-order valence-electron chi connectivity index (χ2n) is 6.39. The van der Waals surface area contributed by atoms with Gasteiger partial charge in [-0.25, -0.2) is 18.7 Å². The second-order valence-corrected chi connectivity index (χ2v) is 6.78. The summed E-state index contributed by atoms with van der Waals surface area (Å²) in [6, 6.07) is 6.59. The molecule has 2 aromatic heterocycles. The highest BCUT2D eigenvalue weighted by Gasteiger charge is 2.22. The van der Waals surface area contributed by atoms with Gasteiger partial charge in [0.2, 0.25) is 5.95 Å². The number of rotatable bonds is 6. The maximum atomic E-state index is 13.5. The molecule has 0 atom stereocenters. The molecule has 1 fully saturated rings. The summed E-state index contributed by atoms with van der Waals surface area (Å²) in [4.78, 5) is 7.98. The fraction of sp³-hybridized carbons (Fsp3) is 0.444. The van der Waals surface area contributed by atoms with Gasteiger partial charge in [-0.2, -0.15) is 4.39 Å². The van der Waals surface area contributed by atoms with Gasteiger partial charge in [-0.15, -0.1) is 0 Å². The summed E-state index contributed by atoms with van der Waals surface area (Å²) in [5.41, 5.74) is 1.89. The molecule has 1 saturated carbocycles. The van der Waals surface area contributed by atoms with Crippen LogP contribution in [0.4, 0.5) is 18.9 Å². The van der Waals surface area contributed by atoms with Crippen molar-refractivity contribution in [3.8, 4) is 11.3 Å². The van der Waals surface area contributed by atoms with Crippen molar-refractivity contribution >= 4 is 17.3 Å². The standard InChI is InChI=1S/C18H20ClF3N4/c19-16-8-15(13(9-24-16)14-2-1-3-18(22)26-14)25-12-6-4-11(5-7-12)23-10-17(20)21/h1-3,8-9,11-12,17,23H,4-7,10H2,(H,24,25). The van der Waals surface area contributed by atoms with E-state index in [-0.39, 0.29) is 18.6 Å². The Hall–Kier alpha value is -1.86. The van der Waals surface area contributed by atoms with Gasteiger partial charge in [-0.05, 0) is 43.9 Å². The van der Waals surface area contributed by atoms with E-state index in [1.165, 1.54) is 6.07 Å². The largest absolute Gasteiger partial charge is 0.382 e. The first-order chi connectivity index (χ1) is 12.5. The number of nitrogens with zero attached hydrogens (tertiary/aromatic N) is 2. The molecule has 1 aliphatic rings. The second kappa shape index (κ2) is 8.68. The zero-order chi connectivity index (χ0) is 18.5. The molecular weight excluding hydrogens is 365 g/mol. The molecule has 0 radical (unpaired) electrons. The molecule has 0 aliphatic heterocycles. The summed E-state index contributed by atoms with van der Waals surface area (Å²) in [7, 11) is 0. The van der Waals surface area contributed by atoms with Crippen molar-refractivity contribution in [3.63, 3.8) is 0 Å². The summed E-state index contributed by atoms with van der Waals surface area (Å²) in [5, 5.41) is 6.66. The molecule has 140 valence electrons. The number of anilines is 1. The van der Waals surface area contributed by atoms with E-state index < -0.39 is 12.4 Å². The van der Waals surface area contributed by atoms with Crippen molar-refractivity contribution < 1.29 is 13.2 Å². The number of pyridine rings is 2. The van der Waals surface area contributed by atoms with E-state index in [1.54, 1.807) is 24.4 Å². The van der Waals surface area contributed by atoms with Gasteiger partial charge in [0, 0.05) is 29.5 Å². The highest BCUT2D eigenvalue weighted by atomic mass is 35.5. The SMILES string of the molecule is Fc1cccc(-c2cnc(Cl)cc2NC2CCC(NCC(F)F)CC2)n1. The van der Waals surface area contributed by atoms with Gasteiger partial charge >= 0.3 is 0 Å². The van der Waals surface area contributed by atoms with Gasteiger partial charge in [-0.1, -0.05) is 17.7 Å². The van der Waals surface area contributed by atoms with Crippen LogP contribution >= 0.6 is 11.6 Å². The van der Waals surface area contributed by atoms with E-state index >= 15 is 0 Å². The van der Waals surface area contributed by atoms with Crippen LogP contribution in [0.15, 0.2) is 30.5 Å². The molecule has 8 heteroatoms. The van der Waals surface area contributed by atoms with Crippen LogP contribution in [0.2, 0.25) is 5.15 Å². The molecule has 0 bridgehead atoms. The zero-order valence-corrected chi connectivity index (χ0v) is 14.8. The average molecular weight is 385 g/mol. The van der Waals surface area contributed by atoms with Gasteiger partial charge in [-0.3, -0.25) is 0 Å². The molecule has 1 aliphatic carbocycles. The van der Waals surface area contributed by atoms with Crippen LogP contribution in [0.1, 0.15) is 25.7 Å². The van der Waals surface area contributed by atoms with Crippen LogP contribution in [0.5, 0.6) is 0 Å². The van der Waals surface area contributed by atoms with E-state index in [4.69, 9.17) is 11.6 Å². The molecule has 2 N–H and O–H groups in total. The Kier molecular flexibility index (Phi) is 6.32. The minimum absolute atomic E-state index is 0.118. The lowest BCUT2D eigenvalue weighted by atomic mass is 9.91. The van der Waals surface area contributed by atoms with Gasteiger partial charge in [0.25, 0.3) is 6.43 Å². The Morgan fingerprint density at radius 3 is 2.58 bits per heavy atom. The van der Waals surface area contributed by atoms with E-state index in [2.05, 4.69) is 20.6 Å². The van der Waals surface area contributed by atoms with Crippen molar-refractivity contribution in [3.05, 3.63) is 41.6 Å². The topological polar surface area (TPSA) is 49.8 Å². The molecule has 3 rings (SSSR count). The molecule has 2 aromatic rings. The lowest BCUT2D eigenvalue weighted by Gasteiger charge is -2.31. The summed E-state index contributed by atoms with van der Waals surface area (Å²) >= 11 is 6.02. The molecular formula is C18H20ClF3N4. The minimum Gasteiger partial charge on any atom is -0.382 e. The number of nitrogens with one attached hydrogen (secondary N) is 2. The first kappa shape index (κ1) is 18.9. The summed E-state index contributed by atoms with van der Waals surface area (Å²) in [5.74, 6) is -0.561. The third-order valence-corrected chi connectivity index (χ3v) is 4.72. The highest BCUT2D eigenvalue weighted by molar-refractivity contribution is 6.29. The lowest BCUT2D eigenvalue weighted by molar-refractivity contribution is 0.137. The van der Waals surface area contributed by atoms with Gasteiger partial charge in [0.05, 0.1) is 12.2 Å². The number of halogens is 4. The van der Waals surface area contributed by atoms with E-state index in [0.717, 1.165) is 31.4 Å². The molecule has 2 heterocycles. The number of hydrogen-bond donors (Lipinski definition) is 2. The normalized spacial score (nSPS) is 20.3. The molecule has 0 aromatic carbocycles. The smallest absolute Gasteiger partial charge is 0.250 e. The fourth-order valence-electron chi connectivity index (χ4n) is 3.23. The van der Waals surface area contributed by atoms with Crippen molar-refractivity contribution in [1.29, 1.82) is 0 Å². The number of hydrogen-bond acceptors (Lipinski definition) is 4. The van der Waals surface area contributed by atoms with E-state index in [0.29, 0.717) is 16.4 Å². The number of alkyl halides is 2. The Morgan fingerprint density at radius 1 is 1.15 bits per heavy atom. The van der Waals surface area contributed by atoms with Crippen molar-refractivity contribution in [1.82, 2.24) is 15.3 Å². The third-order valence-electron chi connectivity index (χ3n) is 4.51. The van der Waals surface area contributed by atoms with Crippen molar-refractivity contribution in [2.24, 2.45) is 0 Å². The predicted octanol–water partition coefficient (Wildman–Crippen LogP) is 4.51. The van der Waals surface area contributed by atoms with Crippen LogP contribution in [-0.4, -0.2) is 35.0 Å². The first-order valence-electron chi connectivity index (χ1n) is 8.58. The summed E-state index contributed by atoms with van der Waals surface area (Å²) < 4.78 is 38.1. The molecule has 0 amide bonds. The zero-order valence-electron chi connectivity index (χ0n) is 14.1. The fourth-order valence-corrected chi connectivity index (χ4v) is 3.39. The van der Waals surface area contributed by atoms with Crippen LogP contribution in [0.3, 0.4) is 0 Å². The Bertz CT molecular complexity index is 736. The van der Waals surface area contributed by atoms with E-state index in [9.17, 15) is 13.2 Å². The van der Waals surface area contributed by atoms with Gasteiger partial charge < -0.3 is 10.6 Å². The van der Waals surface area contributed by atoms with Crippen LogP contribution in [0, 0.1) is 5.95 Å². The van der Waals surface area contributed by atoms with Crippen LogP contribution in [-0.2, 0) is 0 Å². The van der Waals surface area contributed by atoms with E-state index in [1.807, 2.05) is 0 Å². The summed E-state index contributed by atoms with van der Waals surface area (Å²) in [6.45, 7) is -0.266. The van der Waals surface area contributed by atoms with Crippen LogP contribution in [0.25, 0.3) is 11.3 Å². The quantitative estimate of drug-likeness (QED) is 0.719. The Balaban J connectivity index is 1.68. The maximum absolute atomic E-state index is 13.5. The minimum atomic E-state index is -2.33. The maximum Gasteiger partial charge on any atom is 0.250 e. The predicted molar refractivity (Wildman–Crippen MR) is 96.1 cm³/mol. The number of aromatic nitrogens is 2. The molecule has 26 heavy (non-hydrogen) atoms. The highest BCUT2D eigenvalue weighted by Crippen LogP contribution is 2.31. The van der Waals surface area contributed by atoms with Crippen molar-refractivity contribution in [2.45, 2.75) is 44.2 Å². The Morgan fingerprint density at radius 2 is 1.88 bits per heavy atom. The first-order valence-corrected chi connectivity index (χ1v) is 8.95. The molecule has 4 nitrogen and oxygen atoms in total. The molecule has 0 saturated heterocycles. The van der Waals surface area contributed by atoms with Gasteiger partial charge in [0.1, 0.15) is 5.15 Å². The average Bonchev–Trinajstić information content (AvgIpc) is 2.61. The Labute approximate surface area is 155 Å². The third kappa shape index (κ3) is 5.08. The monoisotopic (exact) mass is 384 g/mol. The van der Waals surface area contributed by atoms with Crippen molar-refractivity contribution in [2.75, 3.05) is 11.9 Å². The summed E-state index contributed by atoms with van der Waals surface area (Å²) in [6.07, 6.45) is 2.56.